The van der Waals surface area contributed by atoms with E-state index in [9.17, 15) is 0 Å². The van der Waals surface area contributed by atoms with E-state index in [1.165, 1.54) is 0 Å². The predicted octanol–water partition coefficient (Wildman–Crippen LogP) is 2.07. The van der Waals surface area contributed by atoms with E-state index in [0.717, 1.165) is 0 Å². The van der Waals surface area contributed by atoms with Crippen molar-refractivity contribution in [2.24, 2.45) is 0 Å². The highest BCUT2D eigenvalue weighted by Gasteiger charge is 2.19. The van der Waals surface area contributed by atoms with E-state index < -0.39 is 5.60 Å². The minimum Gasteiger partial charge on any atom is -0.484 e. The summed E-state index contributed by atoms with van der Waals surface area (Å²) < 4.78 is 5.50. The highest BCUT2D eigenvalue weighted by Crippen LogP contribution is 2.29. The molecule has 14 heavy (non-hydrogen) atoms. The van der Waals surface area contributed by atoms with E-state index in [1.54, 1.807) is 32.0 Å². The summed E-state index contributed by atoms with van der Waals surface area (Å²) in [5.74, 6) is 0.491. The summed E-state index contributed by atoms with van der Waals surface area (Å²) in [5.41, 5.74) is 5.51. The number of halogens is 1. The molecule has 4 heteroatoms. The van der Waals surface area contributed by atoms with Crippen LogP contribution in [0.1, 0.15) is 13.8 Å². The molecule has 0 amide bonds. The van der Waals surface area contributed by atoms with Gasteiger partial charge in [-0.2, -0.15) is 0 Å². The number of benzene rings is 1. The van der Waals surface area contributed by atoms with E-state index in [-0.39, 0.29) is 6.61 Å². The summed E-state index contributed by atoms with van der Waals surface area (Å²) in [6.45, 7) is 3.46. The van der Waals surface area contributed by atoms with Gasteiger partial charge in [0.1, 0.15) is 11.4 Å². The van der Waals surface area contributed by atoms with E-state index in [1.807, 2.05) is 0 Å². The normalized spacial score (nSPS) is 11.4. The number of rotatable bonds is 3. The zero-order chi connectivity index (χ0) is 10.8. The van der Waals surface area contributed by atoms with Gasteiger partial charge in [0.15, 0.2) is 0 Å². The summed E-state index contributed by atoms with van der Waals surface area (Å²) in [4.78, 5) is 0. The van der Waals surface area contributed by atoms with Gasteiger partial charge in [0.05, 0.1) is 11.6 Å². The van der Waals surface area contributed by atoms with Gasteiger partial charge in [-0.15, -0.1) is 0 Å². The maximum absolute atomic E-state index is 9.02. The Balaban J connectivity index is 2.91. The van der Waals surface area contributed by atoms with Crippen molar-refractivity contribution in [3.8, 4) is 5.75 Å². The first-order chi connectivity index (χ1) is 6.44. The molecule has 0 atom stereocenters. The fourth-order valence-electron chi connectivity index (χ4n) is 0.928. The van der Waals surface area contributed by atoms with Gasteiger partial charge < -0.3 is 15.6 Å². The number of anilines is 1. The van der Waals surface area contributed by atoms with Crippen LogP contribution in [0, 0.1) is 0 Å². The maximum Gasteiger partial charge on any atom is 0.140 e. The number of hydrogen-bond donors (Lipinski definition) is 2. The van der Waals surface area contributed by atoms with Crippen molar-refractivity contribution in [3.63, 3.8) is 0 Å². The summed E-state index contributed by atoms with van der Waals surface area (Å²) in [5, 5.41) is 9.50. The molecule has 0 aromatic heterocycles. The minimum atomic E-state index is -0.655. The molecule has 0 saturated carbocycles. The molecule has 0 spiro atoms. The predicted molar refractivity (Wildman–Crippen MR) is 57.7 cm³/mol. The van der Waals surface area contributed by atoms with Gasteiger partial charge >= 0.3 is 0 Å². The average Bonchev–Trinajstić information content (AvgIpc) is 2.11. The Bertz CT molecular complexity index is 326. The van der Waals surface area contributed by atoms with Crippen molar-refractivity contribution in [2.45, 2.75) is 19.4 Å². The molecule has 0 bridgehead atoms. The van der Waals surface area contributed by atoms with Crippen molar-refractivity contribution in [1.82, 2.24) is 0 Å². The fraction of sp³-hybridized carbons (Fsp3) is 0.400. The highest BCUT2D eigenvalue weighted by atomic mass is 35.5. The van der Waals surface area contributed by atoms with Crippen molar-refractivity contribution < 1.29 is 9.84 Å². The maximum atomic E-state index is 9.02. The van der Waals surface area contributed by atoms with E-state index in [4.69, 9.17) is 27.2 Å². The quantitative estimate of drug-likeness (QED) is 0.759. The Hall–Kier alpha value is -0.930. The lowest BCUT2D eigenvalue weighted by Crippen LogP contribution is -2.32. The summed E-state index contributed by atoms with van der Waals surface area (Å²) in [6, 6.07) is 5.00. The van der Waals surface area contributed by atoms with Crippen LogP contribution < -0.4 is 10.5 Å². The molecule has 1 aromatic rings. The molecular formula is C10H14ClNO2. The summed E-state index contributed by atoms with van der Waals surface area (Å²) in [7, 11) is 0. The van der Waals surface area contributed by atoms with Gasteiger partial charge in [-0.3, -0.25) is 0 Å². The van der Waals surface area contributed by atoms with Gasteiger partial charge in [0.25, 0.3) is 0 Å². The van der Waals surface area contributed by atoms with E-state index >= 15 is 0 Å². The molecule has 1 rings (SSSR count). The third-order valence-corrected chi connectivity index (χ3v) is 2.03. The minimum absolute atomic E-state index is 0.0852. The Labute approximate surface area is 88.4 Å². The van der Waals surface area contributed by atoms with Crippen LogP contribution in [0.5, 0.6) is 5.75 Å². The van der Waals surface area contributed by atoms with Crippen LogP contribution in [0.2, 0.25) is 5.02 Å². The Morgan fingerprint density at radius 2 is 2.14 bits per heavy atom. The van der Waals surface area contributed by atoms with Crippen LogP contribution in [0.4, 0.5) is 5.69 Å². The molecular weight excluding hydrogens is 202 g/mol. The van der Waals surface area contributed by atoms with Crippen LogP contribution in [-0.4, -0.2) is 17.3 Å². The standard InChI is InChI=1S/C10H14ClNO2/c1-10(2,6-13)14-9-5-7(12)3-4-8(9)11/h3-5,13H,6,12H2,1-2H3. The zero-order valence-corrected chi connectivity index (χ0v) is 9.01. The molecule has 0 aliphatic heterocycles. The number of ether oxygens (including phenoxy) is 1. The van der Waals surface area contributed by atoms with Crippen LogP contribution in [-0.2, 0) is 0 Å². The van der Waals surface area contributed by atoms with Crippen LogP contribution >= 0.6 is 11.6 Å². The second kappa shape index (κ2) is 4.07. The molecule has 0 fully saturated rings. The first-order valence-corrected chi connectivity index (χ1v) is 4.67. The third kappa shape index (κ3) is 2.79. The molecule has 0 aliphatic carbocycles. The fourth-order valence-corrected chi connectivity index (χ4v) is 1.08. The lowest BCUT2D eigenvalue weighted by Gasteiger charge is -2.24. The largest absolute Gasteiger partial charge is 0.484 e. The van der Waals surface area contributed by atoms with Crippen LogP contribution in [0.25, 0.3) is 0 Å². The van der Waals surface area contributed by atoms with Crippen molar-refractivity contribution in [1.29, 1.82) is 0 Å². The Morgan fingerprint density at radius 1 is 1.50 bits per heavy atom. The molecule has 0 saturated heterocycles. The first kappa shape index (κ1) is 11.1. The summed E-state index contributed by atoms with van der Waals surface area (Å²) in [6.07, 6.45) is 0. The second-order valence-corrected chi connectivity index (χ2v) is 4.12. The number of aliphatic hydroxyl groups is 1. The number of hydrogen-bond acceptors (Lipinski definition) is 3. The topological polar surface area (TPSA) is 55.5 Å². The lowest BCUT2D eigenvalue weighted by atomic mass is 10.1. The number of aliphatic hydroxyl groups excluding tert-OH is 1. The zero-order valence-electron chi connectivity index (χ0n) is 8.25. The molecule has 78 valence electrons. The van der Waals surface area contributed by atoms with Gasteiger partial charge in [-0.05, 0) is 26.0 Å². The first-order valence-electron chi connectivity index (χ1n) is 4.29. The highest BCUT2D eigenvalue weighted by molar-refractivity contribution is 6.32. The molecule has 0 unspecified atom stereocenters. The molecule has 3 nitrogen and oxygen atoms in total. The van der Waals surface area contributed by atoms with Crippen molar-refractivity contribution in [2.75, 3.05) is 12.3 Å². The van der Waals surface area contributed by atoms with E-state index in [0.29, 0.717) is 16.5 Å². The van der Waals surface area contributed by atoms with Crippen molar-refractivity contribution >= 4 is 17.3 Å². The van der Waals surface area contributed by atoms with Gasteiger partial charge in [0.2, 0.25) is 0 Å². The van der Waals surface area contributed by atoms with Gasteiger partial charge in [0, 0.05) is 11.8 Å². The smallest absolute Gasteiger partial charge is 0.140 e. The Morgan fingerprint density at radius 3 is 2.71 bits per heavy atom. The number of nitrogens with two attached hydrogens (primary N) is 1. The summed E-state index contributed by atoms with van der Waals surface area (Å²) >= 11 is 5.90. The molecule has 1 aromatic carbocycles. The number of nitrogen functional groups attached to an aromatic ring is 1. The van der Waals surface area contributed by atoms with Crippen LogP contribution in [0.3, 0.4) is 0 Å². The molecule has 0 aliphatic rings. The molecule has 0 radical (unpaired) electrons. The third-order valence-electron chi connectivity index (χ3n) is 1.72. The monoisotopic (exact) mass is 215 g/mol. The average molecular weight is 216 g/mol. The van der Waals surface area contributed by atoms with E-state index in [2.05, 4.69) is 0 Å². The lowest BCUT2D eigenvalue weighted by molar-refractivity contribution is 0.0414. The molecule has 0 heterocycles. The van der Waals surface area contributed by atoms with Gasteiger partial charge in [-0.25, -0.2) is 0 Å². The Kier molecular flexibility index (Phi) is 3.24. The SMILES string of the molecule is CC(C)(CO)Oc1cc(N)ccc1Cl. The van der Waals surface area contributed by atoms with Gasteiger partial charge in [-0.1, -0.05) is 11.6 Å². The molecule has 3 N–H and O–H groups in total. The van der Waals surface area contributed by atoms with Crippen LogP contribution in [0.15, 0.2) is 18.2 Å². The van der Waals surface area contributed by atoms with Crippen molar-refractivity contribution in [3.05, 3.63) is 23.2 Å². The second-order valence-electron chi connectivity index (χ2n) is 3.71.